The third-order valence-corrected chi connectivity index (χ3v) is 4.26. The van der Waals surface area contributed by atoms with E-state index in [1.807, 2.05) is 23.9 Å². The van der Waals surface area contributed by atoms with Crippen molar-refractivity contribution in [3.8, 4) is 5.75 Å². The summed E-state index contributed by atoms with van der Waals surface area (Å²) in [5, 5.41) is 5.08. The number of aliphatic imine (C=N–C) groups is 1. The first kappa shape index (κ1) is 15.2. The largest absolute Gasteiger partial charge is 0.492 e. The van der Waals surface area contributed by atoms with Crippen LogP contribution < -0.4 is 10.1 Å². The Kier molecular flexibility index (Phi) is 5.77. The van der Waals surface area contributed by atoms with Crippen LogP contribution in [0.3, 0.4) is 0 Å². The van der Waals surface area contributed by atoms with Crippen molar-refractivity contribution < 1.29 is 4.74 Å². The molecule has 0 amide bonds. The lowest BCUT2D eigenvalue weighted by molar-refractivity contribution is 0.322. The van der Waals surface area contributed by atoms with Crippen molar-refractivity contribution in [3.05, 3.63) is 29.8 Å². The Labute approximate surface area is 126 Å². The summed E-state index contributed by atoms with van der Waals surface area (Å²) in [5.74, 6) is 1.68. The molecule has 1 aliphatic rings. The van der Waals surface area contributed by atoms with Gasteiger partial charge in [0.2, 0.25) is 0 Å². The number of amidine groups is 1. The third kappa shape index (κ3) is 5.08. The van der Waals surface area contributed by atoms with Crippen LogP contribution in [0.1, 0.15) is 25.8 Å². The van der Waals surface area contributed by atoms with Gasteiger partial charge in [0.05, 0.1) is 13.1 Å². The van der Waals surface area contributed by atoms with Gasteiger partial charge in [0, 0.05) is 5.25 Å². The van der Waals surface area contributed by atoms with Gasteiger partial charge in [-0.1, -0.05) is 37.7 Å². The predicted octanol–water partition coefficient (Wildman–Crippen LogP) is 3.48. The molecule has 0 fully saturated rings. The summed E-state index contributed by atoms with van der Waals surface area (Å²) in [6, 6.07) is 8.14. The molecule has 1 unspecified atom stereocenters. The maximum absolute atomic E-state index is 5.71. The lowest BCUT2D eigenvalue weighted by Crippen LogP contribution is -2.25. The minimum absolute atomic E-state index is 0.648. The number of aryl methyl sites for hydroxylation is 1. The van der Waals surface area contributed by atoms with Gasteiger partial charge in [0.25, 0.3) is 0 Å². The molecular formula is C16H24N2OS. The van der Waals surface area contributed by atoms with E-state index in [1.54, 1.807) is 0 Å². The normalized spacial score (nSPS) is 18.2. The summed E-state index contributed by atoms with van der Waals surface area (Å²) in [6.45, 7) is 9.02. The molecule has 1 atom stereocenters. The zero-order valence-corrected chi connectivity index (χ0v) is 13.4. The van der Waals surface area contributed by atoms with Gasteiger partial charge >= 0.3 is 0 Å². The van der Waals surface area contributed by atoms with E-state index in [9.17, 15) is 0 Å². The van der Waals surface area contributed by atoms with Gasteiger partial charge in [-0.15, -0.1) is 0 Å². The maximum Gasteiger partial charge on any atom is 0.157 e. The molecular weight excluding hydrogens is 268 g/mol. The molecule has 110 valence electrons. The number of hydrogen-bond acceptors (Lipinski definition) is 4. The maximum atomic E-state index is 5.71. The summed E-state index contributed by atoms with van der Waals surface area (Å²) in [4.78, 5) is 4.54. The fourth-order valence-corrected chi connectivity index (χ4v) is 3.48. The molecule has 4 heteroatoms. The standard InChI is InChI=1S/C16H24N2OS/c1-12(2)9-15-11-18-16(20-15)17-7-8-19-14-6-4-5-13(3)10-14/h4-6,10,12,15H,7-9,11H2,1-3H3,(H,17,18). The molecule has 0 bridgehead atoms. The first-order chi connectivity index (χ1) is 9.63. The first-order valence-electron chi connectivity index (χ1n) is 7.28. The van der Waals surface area contributed by atoms with Gasteiger partial charge in [-0.2, -0.15) is 0 Å². The number of rotatable bonds is 6. The summed E-state index contributed by atoms with van der Waals surface area (Å²) < 4.78 is 5.71. The molecule has 1 heterocycles. The van der Waals surface area contributed by atoms with Crippen molar-refractivity contribution in [1.29, 1.82) is 0 Å². The van der Waals surface area contributed by atoms with Crippen LogP contribution >= 0.6 is 11.8 Å². The molecule has 3 nitrogen and oxygen atoms in total. The molecule has 0 saturated carbocycles. The SMILES string of the molecule is Cc1cccc(OCCNC2=NCC(CC(C)C)S2)c1. The Morgan fingerprint density at radius 2 is 2.30 bits per heavy atom. The van der Waals surface area contributed by atoms with E-state index in [0.29, 0.717) is 11.9 Å². The van der Waals surface area contributed by atoms with E-state index in [-0.39, 0.29) is 0 Å². The molecule has 2 rings (SSSR count). The predicted molar refractivity (Wildman–Crippen MR) is 87.8 cm³/mol. The minimum Gasteiger partial charge on any atom is -0.492 e. The zero-order valence-electron chi connectivity index (χ0n) is 12.6. The smallest absolute Gasteiger partial charge is 0.157 e. The first-order valence-corrected chi connectivity index (χ1v) is 8.16. The zero-order chi connectivity index (χ0) is 14.4. The number of benzene rings is 1. The van der Waals surface area contributed by atoms with E-state index in [1.165, 1.54) is 12.0 Å². The fraction of sp³-hybridized carbons (Fsp3) is 0.562. The molecule has 0 spiro atoms. The Morgan fingerprint density at radius 3 is 3.05 bits per heavy atom. The molecule has 0 radical (unpaired) electrons. The van der Waals surface area contributed by atoms with Crippen LogP contribution in [0.25, 0.3) is 0 Å². The van der Waals surface area contributed by atoms with E-state index in [0.717, 1.165) is 29.9 Å². The Hall–Kier alpha value is -1.16. The van der Waals surface area contributed by atoms with E-state index in [2.05, 4.69) is 43.2 Å². The Bertz CT molecular complexity index is 460. The minimum atomic E-state index is 0.648. The third-order valence-electron chi connectivity index (χ3n) is 3.09. The number of nitrogens with one attached hydrogen (secondary N) is 1. The van der Waals surface area contributed by atoms with Gasteiger partial charge in [-0.3, -0.25) is 4.99 Å². The number of hydrogen-bond donors (Lipinski definition) is 1. The molecule has 20 heavy (non-hydrogen) atoms. The highest BCUT2D eigenvalue weighted by atomic mass is 32.2. The van der Waals surface area contributed by atoms with Crippen molar-refractivity contribution in [2.24, 2.45) is 10.9 Å². The second-order valence-corrected chi connectivity index (χ2v) is 6.90. The summed E-state index contributed by atoms with van der Waals surface area (Å²) in [7, 11) is 0. The lowest BCUT2D eigenvalue weighted by atomic mass is 10.1. The van der Waals surface area contributed by atoms with Crippen molar-refractivity contribution in [2.75, 3.05) is 19.7 Å². The summed E-state index contributed by atoms with van der Waals surface area (Å²) in [5.41, 5.74) is 1.22. The number of ether oxygens (including phenoxy) is 1. The second-order valence-electron chi connectivity index (χ2n) is 5.61. The Morgan fingerprint density at radius 1 is 1.45 bits per heavy atom. The van der Waals surface area contributed by atoms with Crippen molar-refractivity contribution in [1.82, 2.24) is 5.32 Å². The fourth-order valence-electron chi connectivity index (χ4n) is 2.20. The molecule has 1 N–H and O–H groups in total. The lowest BCUT2D eigenvalue weighted by Gasteiger charge is -2.11. The Balaban J connectivity index is 1.62. The number of nitrogens with zero attached hydrogens (tertiary/aromatic N) is 1. The topological polar surface area (TPSA) is 33.6 Å². The molecule has 0 aromatic heterocycles. The second kappa shape index (κ2) is 7.58. The molecule has 0 aliphatic carbocycles. The van der Waals surface area contributed by atoms with Gasteiger partial charge in [0.1, 0.15) is 12.4 Å². The van der Waals surface area contributed by atoms with Crippen molar-refractivity contribution >= 4 is 16.9 Å². The molecule has 0 saturated heterocycles. The highest BCUT2D eigenvalue weighted by Gasteiger charge is 2.19. The average molecular weight is 292 g/mol. The van der Waals surface area contributed by atoms with Gasteiger partial charge in [-0.25, -0.2) is 0 Å². The van der Waals surface area contributed by atoms with Crippen molar-refractivity contribution in [2.45, 2.75) is 32.4 Å². The van der Waals surface area contributed by atoms with E-state index in [4.69, 9.17) is 4.74 Å². The van der Waals surface area contributed by atoms with Crippen LogP contribution in [0.2, 0.25) is 0 Å². The van der Waals surface area contributed by atoms with Crippen LogP contribution in [0.15, 0.2) is 29.3 Å². The molecule has 1 aliphatic heterocycles. The highest BCUT2D eigenvalue weighted by molar-refractivity contribution is 8.14. The summed E-state index contributed by atoms with van der Waals surface area (Å²) >= 11 is 1.87. The van der Waals surface area contributed by atoms with Crippen LogP contribution in [-0.2, 0) is 0 Å². The number of thioether (sulfide) groups is 1. The molecule has 1 aromatic rings. The van der Waals surface area contributed by atoms with E-state index < -0.39 is 0 Å². The monoisotopic (exact) mass is 292 g/mol. The quantitative estimate of drug-likeness (QED) is 0.815. The van der Waals surface area contributed by atoms with Gasteiger partial charge < -0.3 is 10.1 Å². The van der Waals surface area contributed by atoms with Gasteiger partial charge in [-0.05, 0) is 37.0 Å². The van der Waals surface area contributed by atoms with Crippen LogP contribution in [0.4, 0.5) is 0 Å². The van der Waals surface area contributed by atoms with E-state index >= 15 is 0 Å². The van der Waals surface area contributed by atoms with Crippen LogP contribution in [0, 0.1) is 12.8 Å². The average Bonchev–Trinajstić information content (AvgIpc) is 2.81. The van der Waals surface area contributed by atoms with Crippen LogP contribution in [0.5, 0.6) is 5.75 Å². The molecule has 1 aromatic carbocycles. The van der Waals surface area contributed by atoms with Gasteiger partial charge in [0.15, 0.2) is 5.17 Å². The highest BCUT2D eigenvalue weighted by Crippen LogP contribution is 2.25. The van der Waals surface area contributed by atoms with Crippen molar-refractivity contribution in [3.63, 3.8) is 0 Å². The summed E-state index contributed by atoms with van der Waals surface area (Å²) in [6.07, 6.45) is 1.24. The van der Waals surface area contributed by atoms with Crippen LogP contribution in [-0.4, -0.2) is 30.1 Å².